The molecule has 3 nitrogen and oxygen atoms in total. The number of allylic oxidation sites excluding steroid dienone is 1. The summed E-state index contributed by atoms with van der Waals surface area (Å²) >= 11 is 5.92. The molecule has 0 aliphatic heterocycles. The fourth-order valence-electron chi connectivity index (χ4n) is 0.997. The highest BCUT2D eigenvalue weighted by molar-refractivity contribution is 6.31. The van der Waals surface area contributed by atoms with Gasteiger partial charge in [0.1, 0.15) is 0 Å². The third kappa shape index (κ3) is 3.64. The quantitative estimate of drug-likeness (QED) is 0.795. The van der Waals surface area contributed by atoms with Crippen molar-refractivity contribution < 1.29 is 4.79 Å². The van der Waals surface area contributed by atoms with Crippen molar-refractivity contribution in [3.8, 4) is 0 Å². The molecule has 0 atom stereocenters. The van der Waals surface area contributed by atoms with E-state index in [1.165, 1.54) is 0 Å². The minimum Gasteiger partial charge on any atom is -0.315 e. The molecule has 0 radical (unpaired) electrons. The average Bonchev–Trinajstić information content (AvgIpc) is 2.20. The van der Waals surface area contributed by atoms with Gasteiger partial charge in [0, 0.05) is 16.9 Å². The van der Waals surface area contributed by atoms with Crippen LogP contribution in [0.5, 0.6) is 0 Å². The summed E-state index contributed by atoms with van der Waals surface area (Å²) in [5.74, 6) is 0. The van der Waals surface area contributed by atoms with Gasteiger partial charge in [0.25, 0.3) is 0 Å². The summed E-state index contributed by atoms with van der Waals surface area (Å²) in [6.07, 6.45) is 3.30. The van der Waals surface area contributed by atoms with Crippen LogP contribution in [-0.4, -0.2) is 6.03 Å². The summed E-state index contributed by atoms with van der Waals surface area (Å²) in [7, 11) is 0. The van der Waals surface area contributed by atoms with Crippen molar-refractivity contribution in [1.29, 1.82) is 0 Å². The van der Waals surface area contributed by atoms with Crippen LogP contribution in [0.4, 0.5) is 10.5 Å². The Morgan fingerprint density at radius 3 is 2.80 bits per heavy atom. The van der Waals surface area contributed by atoms with Crippen molar-refractivity contribution in [3.05, 3.63) is 41.1 Å². The lowest BCUT2D eigenvalue weighted by atomic mass is 10.2. The smallest absolute Gasteiger partial charge is 0.315 e. The Labute approximate surface area is 94.1 Å². The Morgan fingerprint density at radius 2 is 2.20 bits per heavy atom. The van der Waals surface area contributed by atoms with Crippen molar-refractivity contribution in [2.45, 2.75) is 13.8 Å². The van der Waals surface area contributed by atoms with Crippen LogP contribution in [0.2, 0.25) is 5.02 Å². The zero-order valence-electron chi connectivity index (χ0n) is 8.67. The van der Waals surface area contributed by atoms with E-state index in [-0.39, 0.29) is 6.03 Å². The number of halogens is 1. The maximum atomic E-state index is 11.3. The molecule has 0 bridgehead atoms. The van der Waals surface area contributed by atoms with E-state index in [2.05, 4.69) is 10.6 Å². The van der Waals surface area contributed by atoms with Crippen LogP contribution in [0, 0.1) is 6.92 Å². The molecule has 0 saturated heterocycles. The summed E-state index contributed by atoms with van der Waals surface area (Å²) in [5, 5.41) is 5.84. The first-order valence-electron chi connectivity index (χ1n) is 4.58. The third-order valence-corrected chi connectivity index (χ3v) is 2.22. The van der Waals surface area contributed by atoms with Crippen LogP contribution in [0.25, 0.3) is 0 Å². The lowest BCUT2D eigenvalue weighted by Gasteiger charge is -2.05. The minimum absolute atomic E-state index is 0.284. The Bertz CT molecular complexity index is 388. The topological polar surface area (TPSA) is 41.1 Å². The number of hydrogen-bond donors (Lipinski definition) is 2. The van der Waals surface area contributed by atoms with Gasteiger partial charge in [-0.2, -0.15) is 0 Å². The number of carbonyl (C=O) groups is 1. The number of hydrogen-bond acceptors (Lipinski definition) is 1. The summed E-state index contributed by atoms with van der Waals surface area (Å²) in [6, 6.07) is 5.09. The van der Waals surface area contributed by atoms with Gasteiger partial charge in [-0.15, -0.1) is 0 Å². The van der Waals surface area contributed by atoms with E-state index >= 15 is 0 Å². The number of carbonyl (C=O) groups excluding carboxylic acids is 1. The molecule has 2 amide bonds. The van der Waals surface area contributed by atoms with Crippen LogP contribution in [0.1, 0.15) is 12.5 Å². The van der Waals surface area contributed by atoms with Gasteiger partial charge in [-0.05, 0) is 31.5 Å². The number of urea groups is 1. The summed E-state index contributed by atoms with van der Waals surface area (Å²) in [6.45, 7) is 3.73. The molecule has 4 heteroatoms. The standard InChI is InChI=1S/C11H13ClN2O/c1-3-6-13-11(15)14-9-5-4-8(2)10(12)7-9/h3-7H,1-2H3,(H2,13,14,15)/b6-3+. The number of aryl methyl sites for hydroxylation is 1. The van der Waals surface area contributed by atoms with Crippen LogP contribution in [-0.2, 0) is 0 Å². The van der Waals surface area contributed by atoms with Gasteiger partial charge in [0.05, 0.1) is 0 Å². The van der Waals surface area contributed by atoms with Crippen molar-refractivity contribution >= 4 is 23.3 Å². The maximum absolute atomic E-state index is 11.3. The van der Waals surface area contributed by atoms with E-state index in [0.717, 1.165) is 5.56 Å². The van der Waals surface area contributed by atoms with Crippen molar-refractivity contribution in [2.24, 2.45) is 0 Å². The molecule has 0 aliphatic carbocycles. The minimum atomic E-state index is -0.284. The second-order valence-corrected chi connectivity index (χ2v) is 3.47. The average molecular weight is 225 g/mol. The Balaban J connectivity index is 2.65. The van der Waals surface area contributed by atoms with Gasteiger partial charge in [-0.1, -0.05) is 23.7 Å². The SMILES string of the molecule is C/C=C/NC(=O)Nc1ccc(C)c(Cl)c1. The van der Waals surface area contributed by atoms with Gasteiger partial charge in [0.2, 0.25) is 0 Å². The monoisotopic (exact) mass is 224 g/mol. The summed E-state index contributed by atoms with van der Waals surface area (Å²) < 4.78 is 0. The number of rotatable bonds is 2. The molecule has 1 aromatic rings. The molecule has 0 saturated carbocycles. The predicted molar refractivity (Wildman–Crippen MR) is 63.2 cm³/mol. The lowest BCUT2D eigenvalue weighted by molar-refractivity contribution is 0.255. The van der Waals surface area contributed by atoms with Gasteiger partial charge >= 0.3 is 6.03 Å². The number of amides is 2. The molecule has 2 N–H and O–H groups in total. The van der Waals surface area contributed by atoms with Gasteiger partial charge < -0.3 is 10.6 Å². The largest absolute Gasteiger partial charge is 0.323 e. The molecule has 1 aromatic carbocycles. The molecule has 0 fully saturated rings. The fraction of sp³-hybridized carbons (Fsp3) is 0.182. The molecule has 0 spiro atoms. The normalized spacial score (nSPS) is 10.3. The number of benzene rings is 1. The van der Waals surface area contributed by atoms with Crippen LogP contribution < -0.4 is 10.6 Å². The second-order valence-electron chi connectivity index (χ2n) is 3.06. The molecule has 0 aliphatic rings. The highest BCUT2D eigenvalue weighted by Gasteiger charge is 2.01. The molecule has 0 unspecified atom stereocenters. The Kier molecular flexibility index (Phi) is 4.18. The summed E-state index contributed by atoms with van der Waals surface area (Å²) in [4.78, 5) is 11.3. The van der Waals surface area contributed by atoms with Crippen molar-refractivity contribution in [1.82, 2.24) is 5.32 Å². The van der Waals surface area contributed by atoms with Gasteiger partial charge in [-0.25, -0.2) is 4.79 Å². The zero-order chi connectivity index (χ0) is 11.3. The Morgan fingerprint density at radius 1 is 1.47 bits per heavy atom. The highest BCUT2D eigenvalue weighted by Crippen LogP contribution is 2.19. The molecule has 0 aromatic heterocycles. The van der Waals surface area contributed by atoms with Crippen molar-refractivity contribution in [2.75, 3.05) is 5.32 Å². The molecule has 15 heavy (non-hydrogen) atoms. The van der Waals surface area contributed by atoms with Gasteiger partial charge in [-0.3, -0.25) is 0 Å². The van der Waals surface area contributed by atoms with E-state index in [1.54, 1.807) is 24.4 Å². The van der Waals surface area contributed by atoms with Crippen molar-refractivity contribution in [3.63, 3.8) is 0 Å². The maximum Gasteiger partial charge on any atom is 0.323 e. The first kappa shape index (κ1) is 11.6. The second kappa shape index (κ2) is 5.41. The Hall–Kier alpha value is -1.48. The predicted octanol–water partition coefficient (Wildman–Crippen LogP) is 3.30. The first-order chi connectivity index (χ1) is 7.13. The van der Waals surface area contributed by atoms with E-state index in [0.29, 0.717) is 10.7 Å². The van der Waals surface area contributed by atoms with E-state index in [4.69, 9.17) is 11.6 Å². The molecular formula is C11H13ClN2O. The summed E-state index contributed by atoms with van der Waals surface area (Å²) in [5.41, 5.74) is 1.66. The van der Waals surface area contributed by atoms with Crippen LogP contribution >= 0.6 is 11.6 Å². The van der Waals surface area contributed by atoms with E-state index in [9.17, 15) is 4.79 Å². The third-order valence-electron chi connectivity index (χ3n) is 1.81. The van der Waals surface area contributed by atoms with E-state index < -0.39 is 0 Å². The molecular weight excluding hydrogens is 212 g/mol. The molecule has 1 rings (SSSR count). The molecule has 0 heterocycles. The van der Waals surface area contributed by atoms with Crippen LogP contribution in [0.3, 0.4) is 0 Å². The highest BCUT2D eigenvalue weighted by atomic mass is 35.5. The fourth-order valence-corrected chi connectivity index (χ4v) is 1.18. The van der Waals surface area contributed by atoms with E-state index in [1.807, 2.05) is 19.9 Å². The lowest BCUT2D eigenvalue weighted by Crippen LogP contribution is -2.23. The number of nitrogens with one attached hydrogen (secondary N) is 2. The first-order valence-corrected chi connectivity index (χ1v) is 4.96. The zero-order valence-corrected chi connectivity index (χ0v) is 9.43. The van der Waals surface area contributed by atoms with Crippen LogP contribution in [0.15, 0.2) is 30.5 Å². The van der Waals surface area contributed by atoms with Gasteiger partial charge in [0.15, 0.2) is 0 Å². The molecule has 80 valence electrons. The number of anilines is 1.